The summed E-state index contributed by atoms with van der Waals surface area (Å²) in [5.74, 6) is -0.361. The maximum absolute atomic E-state index is 13.2. The fourth-order valence-electron chi connectivity index (χ4n) is 3.08. The first-order chi connectivity index (χ1) is 13.4. The maximum Gasteiger partial charge on any atom is 0.268 e. The van der Waals surface area contributed by atoms with E-state index >= 15 is 0 Å². The molecule has 0 bridgehead atoms. The minimum atomic E-state index is -0.320. The van der Waals surface area contributed by atoms with Crippen molar-refractivity contribution >= 4 is 29.1 Å². The molecule has 2 aromatic rings. The molecule has 2 amide bonds. The van der Waals surface area contributed by atoms with E-state index in [1.807, 2.05) is 26.0 Å². The fourth-order valence-corrected chi connectivity index (χ4v) is 4.08. The van der Waals surface area contributed by atoms with Crippen molar-refractivity contribution < 1.29 is 18.7 Å². The highest BCUT2D eigenvalue weighted by molar-refractivity contribution is 8.04. The highest BCUT2D eigenvalue weighted by atomic mass is 32.2. The van der Waals surface area contributed by atoms with Crippen LogP contribution >= 0.6 is 11.8 Å². The number of para-hydroxylation sites is 1. The average molecular weight is 399 g/mol. The summed E-state index contributed by atoms with van der Waals surface area (Å²) in [6.45, 7) is 4.21. The molecular weight excluding hydrogens is 377 g/mol. The number of nitrogens with zero attached hydrogens (tertiary/aromatic N) is 1. The number of halogens is 1. The molecule has 6 heteroatoms. The van der Waals surface area contributed by atoms with E-state index in [-0.39, 0.29) is 29.4 Å². The Morgan fingerprint density at radius 3 is 2.36 bits per heavy atom. The van der Waals surface area contributed by atoms with E-state index in [4.69, 9.17) is 4.74 Å². The number of hydrogen-bond donors (Lipinski definition) is 0. The van der Waals surface area contributed by atoms with Crippen LogP contribution in [0.5, 0.6) is 5.75 Å². The Morgan fingerprint density at radius 2 is 1.71 bits per heavy atom. The summed E-state index contributed by atoms with van der Waals surface area (Å²) in [6.07, 6.45) is 0.469. The Hall–Kier alpha value is -2.60. The molecule has 0 unspecified atom stereocenters. The number of imide groups is 1. The lowest BCUT2D eigenvalue weighted by Crippen LogP contribution is -2.33. The topological polar surface area (TPSA) is 46.6 Å². The molecule has 0 atom stereocenters. The Balaban J connectivity index is 1.92. The van der Waals surface area contributed by atoms with Gasteiger partial charge < -0.3 is 4.74 Å². The van der Waals surface area contributed by atoms with Gasteiger partial charge in [0.2, 0.25) is 0 Å². The molecule has 0 N–H and O–H groups in total. The molecule has 4 nitrogen and oxygen atoms in total. The molecule has 146 valence electrons. The minimum absolute atomic E-state index is 0.147. The molecular formula is C22H22FNO3S. The first kappa shape index (κ1) is 20.1. The van der Waals surface area contributed by atoms with Gasteiger partial charge in [-0.1, -0.05) is 44.2 Å². The van der Waals surface area contributed by atoms with Gasteiger partial charge in [-0.05, 0) is 30.2 Å². The molecule has 0 saturated heterocycles. The molecule has 0 aliphatic carbocycles. The molecule has 0 aromatic heterocycles. The van der Waals surface area contributed by atoms with Crippen molar-refractivity contribution in [2.24, 2.45) is 0 Å². The van der Waals surface area contributed by atoms with Crippen LogP contribution in [-0.2, 0) is 16.0 Å². The van der Waals surface area contributed by atoms with E-state index in [1.165, 1.54) is 28.8 Å². The summed E-state index contributed by atoms with van der Waals surface area (Å²) in [6, 6.07) is 13.3. The predicted octanol–water partition coefficient (Wildman–Crippen LogP) is 4.30. The molecule has 3 rings (SSSR count). The van der Waals surface area contributed by atoms with E-state index in [0.717, 1.165) is 5.56 Å². The third kappa shape index (κ3) is 4.12. The highest BCUT2D eigenvalue weighted by Gasteiger charge is 2.40. The predicted molar refractivity (Wildman–Crippen MR) is 109 cm³/mol. The van der Waals surface area contributed by atoms with Crippen LogP contribution in [0.2, 0.25) is 0 Å². The molecule has 0 fully saturated rings. The van der Waals surface area contributed by atoms with Gasteiger partial charge >= 0.3 is 0 Å². The SMILES string of the molecule is COc1ccccc1C1=C(SC(C)C)C(=O)N(CCc2ccc(F)cc2)C1=O. The molecule has 2 aromatic carbocycles. The summed E-state index contributed by atoms with van der Waals surface area (Å²) < 4.78 is 18.5. The number of benzene rings is 2. The average Bonchev–Trinajstić information content (AvgIpc) is 2.90. The Kier molecular flexibility index (Phi) is 6.19. The Labute approximate surface area is 168 Å². The first-order valence-corrected chi connectivity index (χ1v) is 9.95. The largest absolute Gasteiger partial charge is 0.496 e. The van der Waals surface area contributed by atoms with Crippen LogP contribution in [0, 0.1) is 5.82 Å². The van der Waals surface area contributed by atoms with Gasteiger partial charge in [-0.15, -0.1) is 11.8 Å². The highest BCUT2D eigenvalue weighted by Crippen LogP contribution is 2.40. The molecule has 0 radical (unpaired) electrons. The fraction of sp³-hybridized carbons (Fsp3) is 0.273. The van der Waals surface area contributed by atoms with E-state index in [0.29, 0.717) is 28.2 Å². The van der Waals surface area contributed by atoms with Crippen molar-refractivity contribution in [1.29, 1.82) is 0 Å². The van der Waals surface area contributed by atoms with E-state index in [2.05, 4.69) is 0 Å². The quantitative estimate of drug-likeness (QED) is 0.652. The smallest absolute Gasteiger partial charge is 0.268 e. The monoisotopic (exact) mass is 399 g/mol. The lowest BCUT2D eigenvalue weighted by molar-refractivity contribution is -0.136. The van der Waals surface area contributed by atoms with Crippen molar-refractivity contribution in [1.82, 2.24) is 4.90 Å². The zero-order valence-corrected chi connectivity index (χ0v) is 16.9. The van der Waals surface area contributed by atoms with Gasteiger partial charge in [-0.3, -0.25) is 14.5 Å². The standard InChI is InChI=1S/C22H22FNO3S/c1-14(2)28-20-19(17-6-4-5-7-18(17)27-3)21(25)24(22(20)26)13-12-15-8-10-16(23)11-9-15/h4-11,14H,12-13H2,1-3H3. The van der Waals surface area contributed by atoms with Crippen molar-refractivity contribution in [2.75, 3.05) is 13.7 Å². The summed E-state index contributed by atoms with van der Waals surface area (Å²) in [5, 5.41) is 0.147. The van der Waals surface area contributed by atoms with Gasteiger partial charge in [0.1, 0.15) is 11.6 Å². The Bertz CT molecular complexity index is 922. The van der Waals surface area contributed by atoms with Crippen molar-refractivity contribution in [2.45, 2.75) is 25.5 Å². The molecule has 1 heterocycles. The normalized spacial score (nSPS) is 14.4. The van der Waals surface area contributed by atoms with Gasteiger partial charge in [0.15, 0.2) is 0 Å². The number of amides is 2. The van der Waals surface area contributed by atoms with Crippen LogP contribution in [0.15, 0.2) is 53.4 Å². The lowest BCUT2D eigenvalue weighted by atomic mass is 10.0. The van der Waals surface area contributed by atoms with Crippen LogP contribution in [0.3, 0.4) is 0 Å². The molecule has 0 saturated carbocycles. The zero-order valence-electron chi connectivity index (χ0n) is 16.1. The second kappa shape index (κ2) is 8.61. The summed E-state index contributed by atoms with van der Waals surface area (Å²) in [5.41, 5.74) is 1.88. The summed E-state index contributed by atoms with van der Waals surface area (Å²) in [7, 11) is 1.54. The van der Waals surface area contributed by atoms with E-state index in [9.17, 15) is 14.0 Å². The van der Waals surface area contributed by atoms with Crippen LogP contribution in [0.1, 0.15) is 25.0 Å². The van der Waals surface area contributed by atoms with Gasteiger partial charge in [-0.25, -0.2) is 4.39 Å². The van der Waals surface area contributed by atoms with E-state index in [1.54, 1.807) is 31.4 Å². The summed E-state index contributed by atoms with van der Waals surface area (Å²) >= 11 is 1.39. The van der Waals surface area contributed by atoms with Crippen LogP contribution < -0.4 is 4.74 Å². The molecule has 1 aliphatic rings. The molecule has 0 spiro atoms. The van der Waals surface area contributed by atoms with Gasteiger partial charge in [0.05, 0.1) is 17.6 Å². The van der Waals surface area contributed by atoms with Crippen molar-refractivity contribution in [3.8, 4) is 5.75 Å². The van der Waals surface area contributed by atoms with Gasteiger partial charge in [0.25, 0.3) is 11.8 Å². The number of thioether (sulfide) groups is 1. The first-order valence-electron chi connectivity index (χ1n) is 9.07. The number of carbonyl (C=O) groups is 2. The number of methoxy groups -OCH3 is 1. The zero-order chi connectivity index (χ0) is 20.3. The van der Waals surface area contributed by atoms with Crippen molar-refractivity contribution in [3.05, 3.63) is 70.4 Å². The third-order valence-corrected chi connectivity index (χ3v) is 5.48. The molecule has 1 aliphatic heterocycles. The second-order valence-corrected chi connectivity index (χ2v) is 8.30. The van der Waals surface area contributed by atoms with Crippen LogP contribution in [0.4, 0.5) is 4.39 Å². The second-order valence-electron chi connectivity index (χ2n) is 6.71. The van der Waals surface area contributed by atoms with Crippen LogP contribution in [-0.4, -0.2) is 35.6 Å². The number of rotatable bonds is 7. The van der Waals surface area contributed by atoms with Crippen molar-refractivity contribution in [3.63, 3.8) is 0 Å². The number of hydrogen-bond acceptors (Lipinski definition) is 4. The maximum atomic E-state index is 13.2. The molecule has 28 heavy (non-hydrogen) atoms. The lowest BCUT2D eigenvalue weighted by Gasteiger charge is -2.15. The van der Waals surface area contributed by atoms with Gasteiger partial charge in [-0.2, -0.15) is 0 Å². The van der Waals surface area contributed by atoms with E-state index < -0.39 is 0 Å². The van der Waals surface area contributed by atoms with Crippen LogP contribution in [0.25, 0.3) is 5.57 Å². The Morgan fingerprint density at radius 1 is 1.04 bits per heavy atom. The van der Waals surface area contributed by atoms with Gasteiger partial charge in [0, 0.05) is 17.4 Å². The third-order valence-electron chi connectivity index (χ3n) is 4.39. The minimum Gasteiger partial charge on any atom is -0.496 e. The summed E-state index contributed by atoms with van der Waals surface area (Å²) in [4.78, 5) is 27.9. The number of carbonyl (C=O) groups excluding carboxylic acids is 2. The number of ether oxygens (including phenoxy) is 1.